The second kappa shape index (κ2) is 5.06. The van der Waals surface area contributed by atoms with Crippen molar-refractivity contribution in [3.8, 4) is 0 Å². The topological polar surface area (TPSA) is 21.3 Å². The molecule has 0 heterocycles. The lowest BCUT2D eigenvalue weighted by Crippen LogP contribution is -2.25. The standard InChI is InChI=1S/C6H14NO/c1-4-6(7-3)8-5-2/h6-7H,3-5H2,1-2H3. The molecule has 0 spiro atoms. The van der Waals surface area contributed by atoms with Gasteiger partial charge in [0.25, 0.3) is 0 Å². The van der Waals surface area contributed by atoms with Crippen LogP contribution in [0.2, 0.25) is 0 Å². The first kappa shape index (κ1) is 7.92. The third-order valence-corrected chi connectivity index (χ3v) is 0.966. The number of nitrogens with one attached hydrogen (secondary N) is 1. The second-order valence-electron chi connectivity index (χ2n) is 1.56. The predicted molar refractivity (Wildman–Crippen MR) is 34.2 cm³/mol. The molecule has 2 nitrogen and oxygen atoms in total. The van der Waals surface area contributed by atoms with Crippen molar-refractivity contribution in [1.82, 2.24) is 5.32 Å². The first-order chi connectivity index (χ1) is 3.85. The molecule has 0 saturated carbocycles. The molecule has 0 aromatic rings. The fourth-order valence-corrected chi connectivity index (χ4v) is 0.522. The van der Waals surface area contributed by atoms with Gasteiger partial charge in [-0.2, -0.15) is 0 Å². The van der Waals surface area contributed by atoms with Gasteiger partial charge in [0.15, 0.2) is 0 Å². The van der Waals surface area contributed by atoms with E-state index in [1.165, 1.54) is 0 Å². The van der Waals surface area contributed by atoms with E-state index in [9.17, 15) is 0 Å². The molecule has 0 saturated heterocycles. The Morgan fingerprint density at radius 1 is 1.62 bits per heavy atom. The van der Waals surface area contributed by atoms with E-state index in [0.29, 0.717) is 0 Å². The lowest BCUT2D eigenvalue weighted by Gasteiger charge is -2.11. The molecular weight excluding hydrogens is 102 g/mol. The quantitative estimate of drug-likeness (QED) is 0.556. The van der Waals surface area contributed by atoms with Crippen molar-refractivity contribution in [3.63, 3.8) is 0 Å². The van der Waals surface area contributed by atoms with Gasteiger partial charge in [-0.3, -0.25) is 5.32 Å². The van der Waals surface area contributed by atoms with Crippen molar-refractivity contribution in [2.75, 3.05) is 6.61 Å². The fourth-order valence-electron chi connectivity index (χ4n) is 0.522. The predicted octanol–water partition coefficient (Wildman–Crippen LogP) is 1.14. The van der Waals surface area contributed by atoms with E-state index in [1.807, 2.05) is 6.92 Å². The van der Waals surface area contributed by atoms with Crippen molar-refractivity contribution in [3.05, 3.63) is 7.05 Å². The highest BCUT2D eigenvalue weighted by Gasteiger charge is 1.97. The Balaban J connectivity index is 3.07. The molecule has 0 amide bonds. The van der Waals surface area contributed by atoms with Gasteiger partial charge in [-0.1, -0.05) is 6.92 Å². The monoisotopic (exact) mass is 116 g/mol. The SMILES string of the molecule is [CH2]NC(CC)OCC. The molecule has 2 heteroatoms. The van der Waals surface area contributed by atoms with E-state index < -0.39 is 0 Å². The molecule has 0 aromatic heterocycles. The van der Waals surface area contributed by atoms with E-state index in [0.717, 1.165) is 13.0 Å². The Morgan fingerprint density at radius 2 is 2.25 bits per heavy atom. The molecule has 49 valence electrons. The average Bonchev–Trinajstić information content (AvgIpc) is 1.83. The summed E-state index contributed by atoms with van der Waals surface area (Å²) in [6.07, 6.45) is 1.11. The Kier molecular flexibility index (Phi) is 5.01. The molecule has 1 atom stereocenters. The summed E-state index contributed by atoms with van der Waals surface area (Å²) in [5.41, 5.74) is 0. The van der Waals surface area contributed by atoms with Crippen LogP contribution in [0.5, 0.6) is 0 Å². The molecule has 1 radical (unpaired) electrons. The third-order valence-electron chi connectivity index (χ3n) is 0.966. The average molecular weight is 116 g/mol. The first-order valence-corrected chi connectivity index (χ1v) is 2.99. The Morgan fingerprint density at radius 3 is 2.38 bits per heavy atom. The van der Waals surface area contributed by atoms with Crippen LogP contribution in [0.3, 0.4) is 0 Å². The van der Waals surface area contributed by atoms with Crippen LogP contribution in [0.25, 0.3) is 0 Å². The summed E-state index contributed by atoms with van der Waals surface area (Å²) < 4.78 is 5.17. The van der Waals surface area contributed by atoms with Crippen molar-refractivity contribution >= 4 is 0 Å². The van der Waals surface area contributed by atoms with Gasteiger partial charge in [0.05, 0.1) is 0 Å². The van der Waals surface area contributed by atoms with E-state index in [4.69, 9.17) is 4.74 Å². The highest BCUT2D eigenvalue weighted by molar-refractivity contribution is 4.48. The zero-order valence-electron chi connectivity index (χ0n) is 5.61. The molecule has 1 unspecified atom stereocenters. The molecule has 0 aliphatic heterocycles. The summed E-state index contributed by atoms with van der Waals surface area (Å²) in [7, 11) is 3.50. The van der Waals surface area contributed by atoms with Gasteiger partial charge < -0.3 is 4.74 Å². The summed E-state index contributed by atoms with van der Waals surface area (Å²) in [6.45, 7) is 4.78. The highest BCUT2D eigenvalue weighted by Crippen LogP contribution is 1.90. The summed E-state index contributed by atoms with van der Waals surface area (Å²) in [6, 6.07) is 0. The van der Waals surface area contributed by atoms with Crippen LogP contribution in [0.1, 0.15) is 20.3 Å². The Labute approximate surface area is 51.2 Å². The summed E-state index contributed by atoms with van der Waals surface area (Å²) in [5.74, 6) is 0. The van der Waals surface area contributed by atoms with E-state index in [2.05, 4.69) is 19.3 Å². The lowest BCUT2D eigenvalue weighted by atomic mass is 10.4. The molecule has 0 fully saturated rings. The van der Waals surface area contributed by atoms with E-state index >= 15 is 0 Å². The molecule has 0 bridgehead atoms. The molecule has 0 aliphatic rings. The minimum Gasteiger partial charge on any atom is -0.364 e. The zero-order chi connectivity index (χ0) is 6.41. The zero-order valence-corrected chi connectivity index (χ0v) is 5.61. The van der Waals surface area contributed by atoms with Crippen LogP contribution in [-0.4, -0.2) is 12.8 Å². The van der Waals surface area contributed by atoms with E-state index in [-0.39, 0.29) is 6.23 Å². The Bertz CT molecular complexity index is 43.8. The third kappa shape index (κ3) is 2.99. The van der Waals surface area contributed by atoms with E-state index in [1.54, 1.807) is 0 Å². The van der Waals surface area contributed by atoms with Crippen LogP contribution in [0.4, 0.5) is 0 Å². The molecule has 0 rings (SSSR count). The number of hydrogen-bond acceptors (Lipinski definition) is 2. The number of rotatable bonds is 4. The smallest absolute Gasteiger partial charge is 0.107 e. The minimum atomic E-state index is 0.139. The maximum atomic E-state index is 5.17. The molecule has 0 aromatic carbocycles. The first-order valence-electron chi connectivity index (χ1n) is 2.99. The Hall–Kier alpha value is -0.0800. The minimum absolute atomic E-state index is 0.139. The highest BCUT2D eigenvalue weighted by atomic mass is 16.5. The maximum absolute atomic E-state index is 5.17. The van der Waals surface area contributed by atoms with Crippen LogP contribution in [-0.2, 0) is 4.74 Å². The van der Waals surface area contributed by atoms with Crippen molar-refractivity contribution in [1.29, 1.82) is 0 Å². The number of hydrogen-bond donors (Lipinski definition) is 1. The van der Waals surface area contributed by atoms with Crippen molar-refractivity contribution in [2.24, 2.45) is 0 Å². The van der Waals surface area contributed by atoms with Gasteiger partial charge in [-0.25, -0.2) is 0 Å². The van der Waals surface area contributed by atoms with Gasteiger partial charge in [-0.15, -0.1) is 0 Å². The van der Waals surface area contributed by atoms with Gasteiger partial charge in [0, 0.05) is 13.7 Å². The summed E-state index contributed by atoms with van der Waals surface area (Å²) >= 11 is 0. The number of ether oxygens (including phenoxy) is 1. The van der Waals surface area contributed by atoms with Crippen molar-refractivity contribution in [2.45, 2.75) is 26.5 Å². The van der Waals surface area contributed by atoms with Gasteiger partial charge in [0.2, 0.25) is 0 Å². The van der Waals surface area contributed by atoms with Gasteiger partial charge >= 0.3 is 0 Å². The van der Waals surface area contributed by atoms with Crippen LogP contribution < -0.4 is 5.32 Å². The largest absolute Gasteiger partial charge is 0.364 e. The normalized spacial score (nSPS) is 13.9. The van der Waals surface area contributed by atoms with Crippen molar-refractivity contribution < 1.29 is 4.74 Å². The van der Waals surface area contributed by atoms with Crippen LogP contribution >= 0.6 is 0 Å². The van der Waals surface area contributed by atoms with Gasteiger partial charge in [0.1, 0.15) is 6.23 Å². The fraction of sp³-hybridized carbons (Fsp3) is 0.833. The van der Waals surface area contributed by atoms with Gasteiger partial charge in [-0.05, 0) is 13.3 Å². The van der Waals surface area contributed by atoms with Crippen LogP contribution in [0, 0.1) is 7.05 Å². The summed E-state index contributed by atoms with van der Waals surface area (Å²) in [5, 5.41) is 2.78. The summed E-state index contributed by atoms with van der Waals surface area (Å²) in [4.78, 5) is 0. The molecule has 1 N–H and O–H groups in total. The molecular formula is C6H14NO. The second-order valence-corrected chi connectivity index (χ2v) is 1.56. The molecule has 0 aliphatic carbocycles. The van der Waals surface area contributed by atoms with Crippen LogP contribution in [0.15, 0.2) is 0 Å². The molecule has 8 heavy (non-hydrogen) atoms. The maximum Gasteiger partial charge on any atom is 0.107 e. The lowest BCUT2D eigenvalue weighted by molar-refractivity contribution is 0.0451.